The minimum atomic E-state index is -0.139. The highest BCUT2D eigenvalue weighted by Gasteiger charge is 2.15. The molecule has 0 unspecified atom stereocenters. The van der Waals surface area contributed by atoms with E-state index in [0.717, 1.165) is 5.69 Å². The summed E-state index contributed by atoms with van der Waals surface area (Å²) < 4.78 is 1.34. The fourth-order valence-electron chi connectivity index (χ4n) is 2.48. The van der Waals surface area contributed by atoms with Gasteiger partial charge in [-0.05, 0) is 35.7 Å². The molecule has 0 atom stereocenters. The molecule has 1 amide bonds. The van der Waals surface area contributed by atoms with Crippen LogP contribution < -0.4 is 11.2 Å². The summed E-state index contributed by atoms with van der Waals surface area (Å²) in [6.45, 7) is 4.26. The summed E-state index contributed by atoms with van der Waals surface area (Å²) in [5.41, 5.74) is 2.68. The number of nitrogen functional groups attached to an aromatic ring is 1. The quantitative estimate of drug-likeness (QED) is 0.478. The van der Waals surface area contributed by atoms with Gasteiger partial charge in [0.15, 0.2) is 5.82 Å². The maximum absolute atomic E-state index is 12.2. The predicted octanol–water partition coefficient (Wildman–Crippen LogP) is 4.17. The Morgan fingerprint density at radius 2 is 1.89 bits per heavy atom. The van der Waals surface area contributed by atoms with Crippen LogP contribution >= 0.6 is 23.4 Å². The van der Waals surface area contributed by atoms with E-state index < -0.39 is 0 Å². The maximum atomic E-state index is 12.2. The Kier molecular flexibility index (Phi) is 6.03. The van der Waals surface area contributed by atoms with Crippen LogP contribution in [0.1, 0.15) is 25.3 Å². The molecular formula is C19H20ClN5OS. The van der Waals surface area contributed by atoms with Crippen molar-refractivity contribution in [2.45, 2.75) is 24.9 Å². The van der Waals surface area contributed by atoms with Gasteiger partial charge in [0.25, 0.3) is 0 Å². The zero-order valence-corrected chi connectivity index (χ0v) is 16.6. The summed E-state index contributed by atoms with van der Waals surface area (Å²) in [6.07, 6.45) is 0. The third kappa shape index (κ3) is 4.61. The van der Waals surface area contributed by atoms with Gasteiger partial charge in [0.05, 0.1) is 10.8 Å². The number of anilines is 1. The van der Waals surface area contributed by atoms with Crippen LogP contribution in [0.3, 0.4) is 0 Å². The summed E-state index contributed by atoms with van der Waals surface area (Å²) in [6, 6.07) is 15.1. The van der Waals surface area contributed by atoms with Crippen molar-refractivity contribution in [3.05, 3.63) is 59.1 Å². The van der Waals surface area contributed by atoms with Crippen molar-refractivity contribution >= 4 is 35.0 Å². The molecule has 0 aliphatic rings. The van der Waals surface area contributed by atoms with Gasteiger partial charge in [0, 0.05) is 11.3 Å². The summed E-state index contributed by atoms with van der Waals surface area (Å²) in [4.78, 5) is 12.2. The van der Waals surface area contributed by atoms with Crippen LogP contribution in [0.25, 0.3) is 11.4 Å². The molecule has 27 heavy (non-hydrogen) atoms. The van der Waals surface area contributed by atoms with Gasteiger partial charge in [-0.1, -0.05) is 61.5 Å². The van der Waals surface area contributed by atoms with Gasteiger partial charge in [0.1, 0.15) is 0 Å². The van der Waals surface area contributed by atoms with E-state index in [0.29, 0.717) is 27.5 Å². The SMILES string of the molecule is CC(C)c1ccc(NC(=O)CSc2nnc(-c3ccccc3Cl)n2N)cc1. The highest BCUT2D eigenvalue weighted by Crippen LogP contribution is 2.27. The highest BCUT2D eigenvalue weighted by molar-refractivity contribution is 7.99. The Bertz CT molecular complexity index is 940. The maximum Gasteiger partial charge on any atom is 0.234 e. The Hall–Kier alpha value is -2.51. The molecule has 0 bridgehead atoms. The molecule has 3 aromatic rings. The van der Waals surface area contributed by atoms with Crippen molar-refractivity contribution in [3.8, 4) is 11.4 Å². The summed E-state index contributed by atoms with van der Waals surface area (Å²) in [5, 5.41) is 12.0. The number of carbonyl (C=O) groups is 1. The third-order valence-electron chi connectivity index (χ3n) is 3.97. The number of halogens is 1. The first-order chi connectivity index (χ1) is 13.0. The standard InChI is InChI=1S/C19H20ClN5OS/c1-12(2)13-7-9-14(10-8-13)22-17(26)11-27-19-24-23-18(25(19)21)15-5-3-4-6-16(15)20/h3-10,12H,11,21H2,1-2H3,(H,22,26). The Morgan fingerprint density at radius 3 is 2.56 bits per heavy atom. The summed E-state index contributed by atoms with van der Waals surface area (Å²) in [7, 11) is 0. The van der Waals surface area contributed by atoms with Gasteiger partial charge >= 0.3 is 0 Å². The lowest BCUT2D eigenvalue weighted by molar-refractivity contribution is -0.113. The molecule has 0 aliphatic heterocycles. The number of hydrogen-bond donors (Lipinski definition) is 2. The molecule has 3 rings (SSSR count). The van der Waals surface area contributed by atoms with Gasteiger partial charge in [-0.3, -0.25) is 4.79 Å². The molecule has 3 N–H and O–H groups in total. The van der Waals surface area contributed by atoms with Gasteiger partial charge in [-0.25, -0.2) is 4.68 Å². The van der Waals surface area contributed by atoms with Crippen molar-refractivity contribution in [3.63, 3.8) is 0 Å². The lowest BCUT2D eigenvalue weighted by Crippen LogP contribution is -2.16. The van der Waals surface area contributed by atoms with E-state index >= 15 is 0 Å². The minimum absolute atomic E-state index is 0.139. The largest absolute Gasteiger partial charge is 0.335 e. The minimum Gasteiger partial charge on any atom is -0.335 e. The zero-order chi connectivity index (χ0) is 19.4. The van der Waals surface area contributed by atoms with Crippen molar-refractivity contribution in [1.82, 2.24) is 14.9 Å². The Morgan fingerprint density at radius 1 is 1.19 bits per heavy atom. The lowest BCUT2D eigenvalue weighted by atomic mass is 10.0. The molecule has 0 spiro atoms. The first-order valence-corrected chi connectivity index (χ1v) is 9.80. The van der Waals surface area contributed by atoms with E-state index in [2.05, 4.69) is 29.4 Å². The summed E-state index contributed by atoms with van der Waals surface area (Å²) in [5.74, 6) is 7.00. The van der Waals surface area contributed by atoms with E-state index in [9.17, 15) is 4.79 Å². The number of nitrogens with zero attached hydrogens (tertiary/aromatic N) is 3. The lowest BCUT2D eigenvalue weighted by Gasteiger charge is -2.08. The second-order valence-electron chi connectivity index (χ2n) is 6.27. The molecular weight excluding hydrogens is 382 g/mol. The first kappa shape index (κ1) is 19.3. The number of hydrogen-bond acceptors (Lipinski definition) is 5. The average molecular weight is 402 g/mol. The van der Waals surface area contributed by atoms with Gasteiger partial charge < -0.3 is 11.2 Å². The molecule has 1 aromatic heterocycles. The average Bonchev–Trinajstić information content (AvgIpc) is 3.01. The monoisotopic (exact) mass is 401 g/mol. The zero-order valence-electron chi connectivity index (χ0n) is 15.0. The highest BCUT2D eigenvalue weighted by atomic mass is 35.5. The number of thioether (sulfide) groups is 1. The second kappa shape index (κ2) is 8.45. The van der Waals surface area contributed by atoms with E-state index in [1.165, 1.54) is 22.0 Å². The van der Waals surface area contributed by atoms with E-state index in [4.69, 9.17) is 17.4 Å². The number of amides is 1. The van der Waals surface area contributed by atoms with Crippen LogP contribution in [-0.4, -0.2) is 26.5 Å². The Labute approximate surface area is 167 Å². The number of nitrogens with one attached hydrogen (secondary N) is 1. The van der Waals surface area contributed by atoms with Gasteiger partial charge in [-0.15, -0.1) is 10.2 Å². The fourth-order valence-corrected chi connectivity index (χ4v) is 3.36. The van der Waals surface area contributed by atoms with Gasteiger partial charge in [-0.2, -0.15) is 0 Å². The number of aromatic nitrogens is 3. The number of carbonyl (C=O) groups excluding carboxylic acids is 1. The van der Waals surface area contributed by atoms with Gasteiger partial charge in [0.2, 0.25) is 11.1 Å². The van der Waals surface area contributed by atoms with Crippen LogP contribution in [0.5, 0.6) is 0 Å². The van der Waals surface area contributed by atoms with Crippen molar-refractivity contribution < 1.29 is 4.79 Å². The van der Waals surface area contributed by atoms with Crippen molar-refractivity contribution in [2.75, 3.05) is 16.9 Å². The molecule has 0 fully saturated rings. The van der Waals surface area contributed by atoms with Crippen LogP contribution in [0.15, 0.2) is 53.7 Å². The Balaban J connectivity index is 1.62. The van der Waals surface area contributed by atoms with Crippen molar-refractivity contribution in [1.29, 1.82) is 0 Å². The second-order valence-corrected chi connectivity index (χ2v) is 7.62. The van der Waals surface area contributed by atoms with Crippen LogP contribution in [-0.2, 0) is 4.79 Å². The predicted molar refractivity (Wildman–Crippen MR) is 111 cm³/mol. The third-order valence-corrected chi connectivity index (χ3v) is 5.25. The van der Waals surface area contributed by atoms with Crippen LogP contribution in [0.4, 0.5) is 5.69 Å². The van der Waals surface area contributed by atoms with E-state index in [1.807, 2.05) is 42.5 Å². The molecule has 0 saturated carbocycles. The molecule has 6 nitrogen and oxygen atoms in total. The first-order valence-electron chi connectivity index (χ1n) is 8.43. The van der Waals surface area contributed by atoms with Crippen LogP contribution in [0.2, 0.25) is 5.02 Å². The number of nitrogens with two attached hydrogens (primary N) is 1. The topological polar surface area (TPSA) is 85.8 Å². The smallest absolute Gasteiger partial charge is 0.234 e. The normalized spacial score (nSPS) is 11.0. The number of benzene rings is 2. The molecule has 2 aromatic carbocycles. The number of rotatable bonds is 6. The molecule has 0 aliphatic carbocycles. The molecule has 8 heteroatoms. The molecule has 140 valence electrons. The summed E-state index contributed by atoms with van der Waals surface area (Å²) >= 11 is 7.39. The van der Waals surface area contributed by atoms with E-state index in [-0.39, 0.29) is 11.7 Å². The van der Waals surface area contributed by atoms with E-state index in [1.54, 1.807) is 6.07 Å². The molecule has 0 saturated heterocycles. The van der Waals surface area contributed by atoms with Crippen molar-refractivity contribution in [2.24, 2.45) is 0 Å². The molecule has 1 heterocycles. The fraction of sp³-hybridized carbons (Fsp3) is 0.211. The molecule has 0 radical (unpaired) electrons. The van der Waals surface area contributed by atoms with Crippen LogP contribution in [0, 0.1) is 0 Å².